The van der Waals surface area contributed by atoms with Crippen molar-refractivity contribution in [2.45, 2.75) is 74.9 Å². The number of nitrogens with zero attached hydrogens (tertiary/aromatic N) is 2. The molecule has 1 atom stereocenters. The number of hydrogen-bond acceptors (Lipinski definition) is 5. The molecule has 0 bridgehead atoms. The van der Waals surface area contributed by atoms with Crippen molar-refractivity contribution in [1.82, 2.24) is 20.1 Å². The van der Waals surface area contributed by atoms with Crippen molar-refractivity contribution in [2.75, 3.05) is 13.7 Å². The zero-order valence-corrected chi connectivity index (χ0v) is 15.4. The van der Waals surface area contributed by atoms with Crippen molar-refractivity contribution in [3.05, 3.63) is 10.5 Å². The number of amides is 1. The molecular formula is C16H28N4O3S. The highest BCUT2D eigenvalue weighted by atomic mass is 32.2. The van der Waals surface area contributed by atoms with Crippen LogP contribution < -0.4 is 11.0 Å². The molecule has 0 radical (unpaired) electrons. The van der Waals surface area contributed by atoms with Crippen molar-refractivity contribution < 1.29 is 9.53 Å². The monoisotopic (exact) mass is 356 g/mol. The Morgan fingerprint density at radius 3 is 2.79 bits per heavy atom. The highest BCUT2D eigenvalue weighted by Crippen LogP contribution is 2.22. The summed E-state index contributed by atoms with van der Waals surface area (Å²) in [6.45, 7) is 2.97. The Kier molecular flexibility index (Phi) is 7.84. The summed E-state index contributed by atoms with van der Waals surface area (Å²) in [6, 6.07) is 0.283. The van der Waals surface area contributed by atoms with Crippen LogP contribution >= 0.6 is 11.8 Å². The van der Waals surface area contributed by atoms with Gasteiger partial charge < -0.3 is 10.1 Å². The minimum absolute atomic E-state index is 0.0193. The average molecular weight is 356 g/mol. The van der Waals surface area contributed by atoms with Gasteiger partial charge in [-0.15, -0.1) is 5.10 Å². The van der Waals surface area contributed by atoms with Crippen LogP contribution in [-0.4, -0.2) is 45.7 Å². The molecule has 1 heterocycles. The highest BCUT2D eigenvalue weighted by Gasteiger charge is 2.22. The number of H-pyrrole nitrogens is 1. The molecule has 1 aromatic rings. The number of aromatic amines is 1. The Hall–Kier alpha value is -1.28. The molecular weight excluding hydrogens is 328 g/mol. The third-order valence-corrected chi connectivity index (χ3v) is 5.40. The molecule has 1 saturated carbocycles. The molecule has 24 heavy (non-hydrogen) atoms. The summed E-state index contributed by atoms with van der Waals surface area (Å²) in [4.78, 5) is 24.3. The van der Waals surface area contributed by atoms with Gasteiger partial charge in [0, 0.05) is 26.3 Å². The molecule has 7 nitrogen and oxygen atoms in total. The number of methoxy groups -OCH3 is 1. The number of hydrogen-bond donors (Lipinski definition) is 2. The third-order valence-electron chi connectivity index (χ3n) is 4.31. The van der Waals surface area contributed by atoms with E-state index in [9.17, 15) is 9.59 Å². The fourth-order valence-corrected chi connectivity index (χ4v) is 3.80. The maximum absolute atomic E-state index is 12.4. The van der Waals surface area contributed by atoms with Crippen molar-refractivity contribution in [3.63, 3.8) is 0 Å². The Labute approximate surface area is 146 Å². The number of thioether (sulfide) groups is 1. The maximum Gasteiger partial charge on any atom is 0.343 e. The van der Waals surface area contributed by atoms with Crippen LogP contribution in [0.1, 0.15) is 51.9 Å². The van der Waals surface area contributed by atoms with Crippen LogP contribution in [0.15, 0.2) is 9.95 Å². The maximum atomic E-state index is 12.4. The van der Waals surface area contributed by atoms with Gasteiger partial charge in [0.15, 0.2) is 5.16 Å². The minimum Gasteiger partial charge on any atom is -0.385 e. The second-order valence-electron chi connectivity index (χ2n) is 6.27. The lowest BCUT2D eigenvalue weighted by Crippen LogP contribution is -2.39. The summed E-state index contributed by atoms with van der Waals surface area (Å²) < 4.78 is 6.59. The van der Waals surface area contributed by atoms with Crippen LogP contribution in [-0.2, 0) is 16.1 Å². The van der Waals surface area contributed by atoms with E-state index >= 15 is 0 Å². The van der Waals surface area contributed by atoms with Crippen LogP contribution in [0.2, 0.25) is 0 Å². The Balaban J connectivity index is 1.89. The lowest BCUT2D eigenvalue weighted by Gasteiger charge is -2.19. The number of aromatic nitrogens is 3. The molecule has 1 aliphatic rings. The van der Waals surface area contributed by atoms with E-state index in [2.05, 4.69) is 15.5 Å². The molecule has 0 spiro atoms. The fourth-order valence-electron chi connectivity index (χ4n) is 2.91. The van der Waals surface area contributed by atoms with E-state index in [0.29, 0.717) is 18.3 Å². The molecule has 8 heteroatoms. The Morgan fingerprint density at radius 2 is 2.12 bits per heavy atom. The third kappa shape index (κ3) is 5.66. The van der Waals surface area contributed by atoms with Gasteiger partial charge in [-0.1, -0.05) is 37.4 Å². The summed E-state index contributed by atoms with van der Waals surface area (Å²) >= 11 is 1.32. The van der Waals surface area contributed by atoms with Crippen molar-refractivity contribution in [2.24, 2.45) is 0 Å². The normalized spacial score (nSPS) is 17.4. The summed E-state index contributed by atoms with van der Waals surface area (Å²) in [6.07, 6.45) is 7.75. The first-order chi connectivity index (χ1) is 11.6. The predicted molar refractivity (Wildman–Crippen MR) is 94.3 cm³/mol. The van der Waals surface area contributed by atoms with Crippen LogP contribution in [0.4, 0.5) is 0 Å². The molecule has 1 fully saturated rings. The van der Waals surface area contributed by atoms with Gasteiger partial charge in [0.05, 0.1) is 5.25 Å². The van der Waals surface area contributed by atoms with Gasteiger partial charge in [0.25, 0.3) is 0 Å². The SMILES string of the molecule is COCCCn1c(S[C@@H](C)C(=O)NC2CCCCCC2)n[nH]c1=O. The smallest absolute Gasteiger partial charge is 0.343 e. The van der Waals surface area contributed by atoms with Gasteiger partial charge in [0.1, 0.15) is 0 Å². The summed E-state index contributed by atoms with van der Waals surface area (Å²) in [5.41, 5.74) is -0.245. The van der Waals surface area contributed by atoms with Crippen molar-refractivity contribution in [1.29, 1.82) is 0 Å². The van der Waals surface area contributed by atoms with E-state index in [0.717, 1.165) is 19.3 Å². The molecule has 2 rings (SSSR count). The van der Waals surface area contributed by atoms with E-state index in [1.54, 1.807) is 11.7 Å². The van der Waals surface area contributed by atoms with Gasteiger partial charge in [-0.05, 0) is 26.2 Å². The molecule has 1 amide bonds. The number of nitrogens with one attached hydrogen (secondary N) is 2. The predicted octanol–water partition coefficient (Wildman–Crippen LogP) is 1.93. The zero-order valence-electron chi connectivity index (χ0n) is 14.5. The van der Waals surface area contributed by atoms with E-state index in [1.165, 1.54) is 37.4 Å². The van der Waals surface area contributed by atoms with Crippen LogP contribution in [0.25, 0.3) is 0 Å². The van der Waals surface area contributed by atoms with Crippen molar-refractivity contribution in [3.8, 4) is 0 Å². The number of rotatable bonds is 8. The first kappa shape index (κ1) is 19.1. The lowest BCUT2D eigenvalue weighted by atomic mass is 10.1. The molecule has 1 aliphatic carbocycles. The minimum atomic E-state index is -0.287. The first-order valence-corrected chi connectivity index (χ1v) is 9.61. The standard InChI is InChI=1S/C16H28N4O3S/c1-12(14(21)17-13-8-5-3-4-6-9-13)24-16-19-18-15(22)20(16)10-7-11-23-2/h12-13H,3-11H2,1-2H3,(H,17,21)(H,18,22)/t12-/m0/s1. The van der Waals surface area contributed by atoms with Gasteiger partial charge in [-0.2, -0.15) is 0 Å². The molecule has 0 saturated heterocycles. The molecule has 1 aromatic heterocycles. The molecule has 136 valence electrons. The number of carbonyl (C=O) groups excluding carboxylic acids is 1. The molecule has 0 unspecified atom stereocenters. The lowest BCUT2D eigenvalue weighted by molar-refractivity contribution is -0.121. The molecule has 2 N–H and O–H groups in total. The molecule has 0 aliphatic heterocycles. The average Bonchev–Trinajstić information content (AvgIpc) is 2.77. The van der Waals surface area contributed by atoms with Gasteiger partial charge in [0.2, 0.25) is 5.91 Å². The molecule has 0 aromatic carbocycles. The fraction of sp³-hybridized carbons (Fsp3) is 0.812. The summed E-state index contributed by atoms with van der Waals surface area (Å²) in [7, 11) is 1.63. The van der Waals surface area contributed by atoms with Crippen LogP contribution in [0, 0.1) is 0 Å². The van der Waals surface area contributed by atoms with Gasteiger partial charge in [-0.3, -0.25) is 9.36 Å². The van der Waals surface area contributed by atoms with E-state index in [1.807, 2.05) is 6.92 Å². The Bertz CT molecular complexity index is 564. The van der Waals surface area contributed by atoms with E-state index in [-0.39, 0.29) is 22.9 Å². The summed E-state index contributed by atoms with van der Waals surface area (Å²) in [5.74, 6) is 0.0193. The van der Waals surface area contributed by atoms with E-state index in [4.69, 9.17) is 4.74 Å². The number of ether oxygens (including phenoxy) is 1. The summed E-state index contributed by atoms with van der Waals surface area (Å²) in [5, 5.41) is 9.93. The van der Waals surface area contributed by atoms with Crippen molar-refractivity contribution >= 4 is 17.7 Å². The topological polar surface area (TPSA) is 89.0 Å². The second kappa shape index (κ2) is 9.88. The largest absolute Gasteiger partial charge is 0.385 e. The van der Waals surface area contributed by atoms with E-state index < -0.39 is 0 Å². The van der Waals surface area contributed by atoms with Crippen LogP contribution in [0.3, 0.4) is 0 Å². The highest BCUT2D eigenvalue weighted by molar-refractivity contribution is 8.00. The zero-order chi connectivity index (χ0) is 17.4. The Morgan fingerprint density at radius 1 is 1.42 bits per heavy atom. The second-order valence-corrected chi connectivity index (χ2v) is 7.57. The van der Waals surface area contributed by atoms with Gasteiger partial charge in [-0.25, -0.2) is 9.89 Å². The quantitative estimate of drug-likeness (QED) is 0.422. The van der Waals surface area contributed by atoms with Crippen LogP contribution in [0.5, 0.6) is 0 Å². The number of carbonyl (C=O) groups is 1. The first-order valence-electron chi connectivity index (χ1n) is 8.73. The van der Waals surface area contributed by atoms with Gasteiger partial charge >= 0.3 is 5.69 Å².